The molecule has 4 aliphatic carbocycles. The van der Waals surface area contributed by atoms with E-state index in [9.17, 15) is 0 Å². The van der Waals surface area contributed by atoms with Crippen molar-refractivity contribution in [1.29, 1.82) is 0 Å². The molecule has 6 aliphatic rings. The topological polar surface area (TPSA) is 146 Å². The number of nitrogens with one attached hydrogen (secondary N) is 2. The van der Waals surface area contributed by atoms with Crippen LogP contribution < -0.4 is 0 Å². The number of nitrogens with zero attached hydrogens (tertiary/aromatic N) is 6. The fourth-order valence-electron chi connectivity index (χ4n) is 9.08. The van der Waals surface area contributed by atoms with Crippen LogP contribution in [-0.2, 0) is 18.9 Å². The summed E-state index contributed by atoms with van der Waals surface area (Å²) in [6, 6.07) is 6.82. The van der Waals surface area contributed by atoms with Gasteiger partial charge in [0.25, 0.3) is 0 Å². The van der Waals surface area contributed by atoms with Gasteiger partial charge in [0.15, 0.2) is 0 Å². The molecule has 12 nitrogen and oxygen atoms in total. The summed E-state index contributed by atoms with van der Waals surface area (Å²) in [4.78, 5) is 29.0. The molecule has 0 radical (unpaired) electrons. The summed E-state index contributed by atoms with van der Waals surface area (Å²) in [5, 5.41) is 0.254. The molecule has 2 fully saturated rings. The number of aromatic amines is 2. The maximum Gasteiger partial charge on any atom is 0.218 e. The zero-order valence-corrected chi connectivity index (χ0v) is 32.0. The summed E-state index contributed by atoms with van der Waals surface area (Å²) in [6.45, 7) is 0. The van der Waals surface area contributed by atoms with Crippen molar-refractivity contribution in [3.63, 3.8) is 0 Å². The standard InChI is InChI=1S/C30H22Cl8N8O4/c1-47-29(48-2)25(35)13-14(26(29,36)18(32)17(25)31)22-42-10-6-8-12(40-10)44-24-16-15(23(46-24)43-11-7-5-9(39-11)41-21(13)45-22)27(37)19(33)20(34)28(16,38)30(27,49-3)50-4/h5-8,13-16H,1-4H3,(H2,39,40,41,42,43,44,45,46). The number of ether oxygens (including phenoxy) is 4. The Kier molecular flexibility index (Phi) is 7.25. The van der Waals surface area contributed by atoms with Gasteiger partial charge < -0.3 is 28.9 Å². The lowest BCUT2D eigenvalue weighted by Gasteiger charge is -2.41. The highest BCUT2D eigenvalue weighted by Gasteiger charge is 2.88. The highest BCUT2D eigenvalue weighted by molar-refractivity contribution is 6.53. The molecule has 12 bridgehead atoms. The van der Waals surface area contributed by atoms with Crippen LogP contribution in [0.15, 0.2) is 44.4 Å². The van der Waals surface area contributed by atoms with Gasteiger partial charge in [-0.15, -0.1) is 46.4 Å². The van der Waals surface area contributed by atoms with Gasteiger partial charge in [-0.25, -0.2) is 29.9 Å². The SMILES string of the molecule is COC1(OC)C2(Cl)C(Cl)=C(Cl)C1(Cl)C1c3nc(nc4ccc(nc5nc(nc6ccc(n3)[nH]6)C3C5C5(Cl)C(Cl)=C(Cl)C3(Cl)C5(OC)OC)[nH]4)C12. The largest absolute Gasteiger partial charge is 0.350 e. The normalized spacial score (nSPS) is 37.2. The maximum absolute atomic E-state index is 7.45. The van der Waals surface area contributed by atoms with Crippen LogP contribution in [0.5, 0.6) is 0 Å². The third kappa shape index (κ3) is 3.39. The van der Waals surface area contributed by atoms with E-state index in [1.165, 1.54) is 28.4 Å². The van der Waals surface area contributed by atoms with E-state index in [4.69, 9.17) is 142 Å². The van der Waals surface area contributed by atoms with Gasteiger partial charge in [-0.2, -0.15) is 0 Å². The van der Waals surface area contributed by atoms with Crippen molar-refractivity contribution >= 4 is 115 Å². The molecule has 0 saturated heterocycles. The number of alkyl halides is 4. The summed E-state index contributed by atoms with van der Waals surface area (Å²) in [7, 11) is 5.68. The molecular weight excluding hydrogens is 820 g/mol. The lowest BCUT2D eigenvalue weighted by Crippen LogP contribution is -2.57. The van der Waals surface area contributed by atoms with E-state index in [0.29, 0.717) is 22.6 Å². The minimum absolute atomic E-state index is 0.0634. The fourth-order valence-corrected chi connectivity index (χ4v) is 13.4. The van der Waals surface area contributed by atoms with Crippen LogP contribution in [0.4, 0.5) is 0 Å². The third-order valence-electron chi connectivity index (χ3n) is 10.9. The number of rotatable bonds is 4. The quantitative estimate of drug-likeness (QED) is 0.209. The molecule has 5 heterocycles. The van der Waals surface area contributed by atoms with Crippen LogP contribution in [0.2, 0.25) is 0 Å². The average Bonchev–Trinajstić information content (AvgIpc) is 3.95. The van der Waals surface area contributed by atoms with Gasteiger partial charge in [0.05, 0.1) is 43.8 Å². The van der Waals surface area contributed by atoms with E-state index in [0.717, 1.165) is 0 Å². The van der Waals surface area contributed by atoms with E-state index < -0.39 is 54.7 Å². The third-order valence-corrected chi connectivity index (χ3v) is 16.2. The number of hydrogen-bond acceptors (Lipinski definition) is 10. The highest BCUT2D eigenvalue weighted by atomic mass is 35.5. The molecular formula is C30H22Cl8N8O4. The van der Waals surface area contributed by atoms with E-state index in [-0.39, 0.29) is 43.4 Å². The summed E-state index contributed by atoms with van der Waals surface area (Å²) < 4.78 is 23.8. The van der Waals surface area contributed by atoms with Gasteiger partial charge in [0, 0.05) is 28.4 Å². The summed E-state index contributed by atoms with van der Waals surface area (Å²) in [5.74, 6) is -5.55. The molecule has 20 heteroatoms. The smallest absolute Gasteiger partial charge is 0.218 e. The van der Waals surface area contributed by atoms with E-state index in [1.807, 2.05) is 0 Å². The Morgan fingerprint density at radius 1 is 0.440 bits per heavy atom. The van der Waals surface area contributed by atoms with Crippen LogP contribution in [0, 0.1) is 0 Å². The van der Waals surface area contributed by atoms with Gasteiger partial charge in [0.1, 0.15) is 65.4 Å². The van der Waals surface area contributed by atoms with Crippen LogP contribution in [0.25, 0.3) is 22.6 Å². The molecule has 9 rings (SSSR count). The van der Waals surface area contributed by atoms with Gasteiger partial charge in [-0.1, -0.05) is 46.4 Å². The minimum atomic E-state index is -1.71. The summed E-state index contributed by atoms with van der Waals surface area (Å²) >= 11 is 57.2. The number of methoxy groups -OCH3 is 4. The van der Waals surface area contributed by atoms with Crippen molar-refractivity contribution in [3.8, 4) is 0 Å². The lowest BCUT2D eigenvalue weighted by atomic mass is 9.83. The molecule has 0 aromatic carbocycles. The number of fused-ring (bicyclic) bond motifs is 22. The Labute approximate surface area is 323 Å². The van der Waals surface area contributed by atoms with Crippen molar-refractivity contribution in [2.24, 2.45) is 0 Å². The minimum Gasteiger partial charge on any atom is -0.350 e. The number of aromatic nitrogens is 8. The molecule has 0 amide bonds. The predicted molar refractivity (Wildman–Crippen MR) is 188 cm³/mol. The molecule has 2 saturated carbocycles. The zero-order chi connectivity index (χ0) is 35.6. The van der Waals surface area contributed by atoms with Gasteiger partial charge in [-0.05, 0) is 24.3 Å². The second-order valence-corrected chi connectivity index (χ2v) is 16.5. The Morgan fingerprint density at radius 3 is 0.860 bits per heavy atom. The zero-order valence-electron chi connectivity index (χ0n) is 26.0. The number of H-pyrrole nitrogens is 2. The van der Waals surface area contributed by atoms with E-state index in [1.54, 1.807) is 24.3 Å². The van der Waals surface area contributed by atoms with Crippen molar-refractivity contribution in [1.82, 2.24) is 39.9 Å². The molecule has 8 unspecified atom stereocenters. The Morgan fingerprint density at radius 2 is 0.660 bits per heavy atom. The van der Waals surface area contributed by atoms with Crippen molar-refractivity contribution < 1.29 is 18.9 Å². The molecule has 50 heavy (non-hydrogen) atoms. The molecule has 2 N–H and O–H groups in total. The Bertz CT molecular complexity index is 1980. The van der Waals surface area contributed by atoms with Gasteiger partial charge >= 0.3 is 0 Å². The van der Waals surface area contributed by atoms with Gasteiger partial charge in [0.2, 0.25) is 11.6 Å². The maximum atomic E-state index is 7.45. The number of halogens is 8. The van der Waals surface area contributed by atoms with Gasteiger partial charge in [-0.3, -0.25) is 0 Å². The van der Waals surface area contributed by atoms with E-state index >= 15 is 0 Å². The fraction of sp³-hybridized carbons (Fsp3) is 0.467. The first kappa shape index (κ1) is 34.3. The van der Waals surface area contributed by atoms with Crippen LogP contribution in [0.3, 0.4) is 0 Å². The molecule has 262 valence electrons. The molecule has 3 aromatic heterocycles. The molecule has 2 aliphatic heterocycles. The first-order valence-corrected chi connectivity index (χ1v) is 18.0. The number of hydrogen-bond donors (Lipinski definition) is 2. The monoisotopic (exact) mass is 838 g/mol. The first-order chi connectivity index (χ1) is 23.7. The van der Waals surface area contributed by atoms with Crippen molar-refractivity contribution in [2.75, 3.05) is 28.4 Å². The first-order valence-electron chi connectivity index (χ1n) is 14.9. The predicted octanol–water partition coefficient (Wildman–Crippen LogP) is 6.95. The molecule has 8 atom stereocenters. The molecule has 3 aromatic rings. The Balaban J connectivity index is 1.33. The second kappa shape index (κ2) is 10.6. The van der Waals surface area contributed by atoms with E-state index in [2.05, 4.69) is 9.97 Å². The summed E-state index contributed by atoms with van der Waals surface area (Å²) in [6.07, 6.45) is 0. The highest BCUT2D eigenvalue weighted by Crippen LogP contribution is 2.80. The summed E-state index contributed by atoms with van der Waals surface area (Å²) in [5.41, 5.74) is 1.46. The van der Waals surface area contributed by atoms with Crippen LogP contribution in [-0.4, -0.2) is 99.4 Å². The van der Waals surface area contributed by atoms with Crippen LogP contribution >= 0.6 is 92.8 Å². The second-order valence-electron chi connectivity index (χ2n) is 12.6. The average molecular weight is 842 g/mol. The van der Waals surface area contributed by atoms with Crippen LogP contribution in [0.1, 0.15) is 47.0 Å². The van der Waals surface area contributed by atoms with Crippen molar-refractivity contribution in [3.05, 3.63) is 67.7 Å². The lowest BCUT2D eigenvalue weighted by molar-refractivity contribution is -0.218. The molecule has 0 spiro atoms. The Hall–Kier alpha value is -1.52. The van der Waals surface area contributed by atoms with Crippen molar-refractivity contribution in [2.45, 2.75) is 54.7 Å².